The fourth-order valence-electron chi connectivity index (χ4n) is 4.66. The zero-order valence-corrected chi connectivity index (χ0v) is 25.8. The Kier molecular flexibility index (Phi) is 9.78. The number of benzene rings is 4. The third-order valence-corrected chi connectivity index (χ3v) is 8.81. The molecule has 1 amide bonds. The number of alkyl halides is 3. The molecule has 0 aliphatic carbocycles. The first-order valence-electron chi connectivity index (χ1n) is 13.6. The van der Waals surface area contributed by atoms with Crippen molar-refractivity contribution in [3.63, 3.8) is 0 Å². The Hall–Kier alpha value is -3.97. The van der Waals surface area contributed by atoms with Crippen LogP contribution in [-0.4, -0.2) is 56.7 Å². The van der Waals surface area contributed by atoms with Gasteiger partial charge in [-0.05, 0) is 72.3 Å². The molecular weight excluding hydrogens is 654 g/mol. The van der Waals surface area contributed by atoms with E-state index in [1.165, 1.54) is 54.6 Å². The maximum atomic E-state index is 13.5. The highest BCUT2D eigenvalue weighted by Crippen LogP contribution is 2.31. The van der Waals surface area contributed by atoms with E-state index in [0.29, 0.717) is 49.2 Å². The van der Waals surface area contributed by atoms with Crippen LogP contribution in [0.15, 0.2) is 95.9 Å². The van der Waals surface area contributed by atoms with Crippen LogP contribution in [0.5, 0.6) is 17.2 Å². The van der Waals surface area contributed by atoms with E-state index in [-0.39, 0.29) is 26.9 Å². The van der Waals surface area contributed by atoms with Crippen LogP contribution in [0, 0.1) is 0 Å². The SMILES string of the molecule is O=C(c1cc(Cl)ccc1NS(=O)(=O)c1ccc(Oc2ccccc2Cl)cc1)N1CCN(Cc2ccc(OC(F)(F)F)cc2)CC1. The van der Waals surface area contributed by atoms with Gasteiger partial charge in [-0.15, -0.1) is 13.2 Å². The largest absolute Gasteiger partial charge is 0.573 e. The van der Waals surface area contributed by atoms with E-state index < -0.39 is 22.3 Å². The number of hydrogen-bond donors (Lipinski definition) is 1. The molecule has 236 valence electrons. The molecule has 14 heteroatoms. The van der Waals surface area contributed by atoms with E-state index in [0.717, 1.165) is 5.56 Å². The number of nitrogens with one attached hydrogen (secondary N) is 1. The number of piperazine rings is 1. The topological polar surface area (TPSA) is 88.2 Å². The summed E-state index contributed by atoms with van der Waals surface area (Å²) < 4.78 is 75.9. The Morgan fingerprint density at radius 1 is 0.844 bits per heavy atom. The zero-order valence-electron chi connectivity index (χ0n) is 23.4. The van der Waals surface area contributed by atoms with Crippen LogP contribution in [0.2, 0.25) is 10.0 Å². The molecule has 1 heterocycles. The van der Waals surface area contributed by atoms with E-state index in [1.807, 2.05) is 0 Å². The van der Waals surface area contributed by atoms with E-state index in [9.17, 15) is 26.4 Å². The molecule has 45 heavy (non-hydrogen) atoms. The summed E-state index contributed by atoms with van der Waals surface area (Å²) in [5.74, 6) is 0.115. The van der Waals surface area contributed by atoms with Gasteiger partial charge in [-0.25, -0.2) is 8.42 Å². The predicted molar refractivity (Wildman–Crippen MR) is 165 cm³/mol. The molecule has 0 saturated carbocycles. The van der Waals surface area contributed by atoms with Crippen LogP contribution in [0.1, 0.15) is 15.9 Å². The minimum Gasteiger partial charge on any atom is -0.456 e. The van der Waals surface area contributed by atoms with Gasteiger partial charge in [0.1, 0.15) is 17.2 Å². The summed E-state index contributed by atoms with van der Waals surface area (Å²) in [6.45, 7) is 2.16. The smallest absolute Gasteiger partial charge is 0.456 e. The molecule has 0 bridgehead atoms. The minimum absolute atomic E-state index is 0.0472. The summed E-state index contributed by atoms with van der Waals surface area (Å²) in [4.78, 5) is 17.1. The number of rotatable bonds is 9. The molecule has 5 rings (SSSR count). The van der Waals surface area contributed by atoms with Gasteiger partial charge in [0.05, 0.1) is 21.2 Å². The van der Waals surface area contributed by atoms with Gasteiger partial charge in [0.2, 0.25) is 0 Å². The molecule has 8 nitrogen and oxygen atoms in total. The van der Waals surface area contributed by atoms with Gasteiger partial charge in [-0.3, -0.25) is 14.4 Å². The third kappa shape index (κ3) is 8.60. The van der Waals surface area contributed by atoms with E-state index in [4.69, 9.17) is 27.9 Å². The summed E-state index contributed by atoms with van der Waals surface area (Å²) in [6, 6.07) is 22.6. The molecule has 4 aromatic carbocycles. The lowest BCUT2D eigenvalue weighted by atomic mass is 10.1. The van der Waals surface area contributed by atoms with Crippen LogP contribution >= 0.6 is 23.2 Å². The van der Waals surface area contributed by atoms with Gasteiger partial charge < -0.3 is 14.4 Å². The number of carbonyl (C=O) groups is 1. The van der Waals surface area contributed by atoms with Crippen molar-refractivity contribution < 1.29 is 35.9 Å². The number of halogens is 5. The lowest BCUT2D eigenvalue weighted by Crippen LogP contribution is -2.48. The first-order chi connectivity index (χ1) is 21.4. The van der Waals surface area contributed by atoms with Gasteiger partial charge in [-0.1, -0.05) is 47.5 Å². The van der Waals surface area contributed by atoms with Gasteiger partial charge >= 0.3 is 6.36 Å². The first-order valence-corrected chi connectivity index (χ1v) is 15.8. The van der Waals surface area contributed by atoms with Crippen LogP contribution < -0.4 is 14.2 Å². The Balaban J connectivity index is 1.22. The summed E-state index contributed by atoms with van der Waals surface area (Å²) >= 11 is 12.3. The maximum absolute atomic E-state index is 13.5. The predicted octanol–water partition coefficient (Wildman–Crippen LogP) is 7.44. The Bertz CT molecular complexity index is 1760. The molecule has 4 aromatic rings. The molecule has 0 aromatic heterocycles. The number of para-hydroxylation sites is 1. The number of amides is 1. The van der Waals surface area contributed by atoms with Crippen molar-refractivity contribution in [1.29, 1.82) is 0 Å². The summed E-state index contributed by atoms with van der Waals surface area (Å²) in [5, 5.41) is 0.671. The van der Waals surface area contributed by atoms with Gasteiger partial charge in [0, 0.05) is 37.7 Å². The average molecular weight is 681 g/mol. The fourth-order valence-corrected chi connectivity index (χ4v) is 6.09. The Morgan fingerprint density at radius 2 is 1.49 bits per heavy atom. The number of nitrogens with zero attached hydrogens (tertiary/aromatic N) is 2. The van der Waals surface area contributed by atoms with Crippen molar-refractivity contribution in [3.05, 3.63) is 112 Å². The molecule has 1 N–H and O–H groups in total. The molecule has 0 radical (unpaired) electrons. The summed E-state index contributed by atoms with van der Waals surface area (Å²) in [7, 11) is -4.09. The Labute approximate surface area is 267 Å². The van der Waals surface area contributed by atoms with Crippen molar-refractivity contribution in [3.8, 4) is 17.2 Å². The fraction of sp³-hybridized carbons (Fsp3) is 0.194. The monoisotopic (exact) mass is 679 g/mol. The average Bonchev–Trinajstić information content (AvgIpc) is 3.00. The molecule has 0 atom stereocenters. The lowest BCUT2D eigenvalue weighted by Gasteiger charge is -2.35. The quantitative estimate of drug-likeness (QED) is 0.198. The minimum atomic E-state index is -4.76. The summed E-state index contributed by atoms with van der Waals surface area (Å²) in [6.07, 6.45) is -4.76. The highest BCUT2D eigenvalue weighted by atomic mass is 35.5. The molecule has 0 unspecified atom stereocenters. The molecule has 0 spiro atoms. The second-order valence-corrected chi connectivity index (χ2v) is 12.6. The second kappa shape index (κ2) is 13.6. The van der Waals surface area contributed by atoms with E-state index in [1.54, 1.807) is 41.3 Å². The molecule has 1 saturated heterocycles. The normalized spacial score (nSPS) is 14.2. The van der Waals surface area contributed by atoms with Crippen LogP contribution in [0.3, 0.4) is 0 Å². The number of ether oxygens (including phenoxy) is 2. The number of carbonyl (C=O) groups excluding carboxylic acids is 1. The molecule has 1 aliphatic rings. The first kappa shape index (κ1) is 32.4. The Morgan fingerprint density at radius 3 is 2.13 bits per heavy atom. The third-order valence-electron chi connectivity index (χ3n) is 6.88. The summed E-state index contributed by atoms with van der Waals surface area (Å²) in [5.41, 5.74) is 0.960. The van der Waals surface area contributed by atoms with Gasteiger partial charge in [0.25, 0.3) is 15.9 Å². The number of anilines is 1. The lowest BCUT2D eigenvalue weighted by molar-refractivity contribution is -0.274. The molecular formula is C31H26Cl2F3N3O5S. The van der Waals surface area contributed by atoms with Gasteiger partial charge in [-0.2, -0.15) is 0 Å². The number of hydrogen-bond acceptors (Lipinski definition) is 6. The maximum Gasteiger partial charge on any atom is 0.573 e. The number of sulfonamides is 1. The van der Waals surface area contributed by atoms with Gasteiger partial charge in [0.15, 0.2) is 0 Å². The van der Waals surface area contributed by atoms with Crippen LogP contribution in [-0.2, 0) is 16.6 Å². The highest BCUT2D eigenvalue weighted by Gasteiger charge is 2.31. The van der Waals surface area contributed by atoms with Crippen molar-refractivity contribution in [2.75, 3.05) is 30.9 Å². The van der Waals surface area contributed by atoms with Crippen molar-refractivity contribution in [2.45, 2.75) is 17.8 Å². The van der Waals surface area contributed by atoms with Crippen LogP contribution in [0.4, 0.5) is 18.9 Å². The molecule has 1 fully saturated rings. The standard InChI is InChI=1S/C31H26Cl2F3N3O5S/c32-22-7-14-28(37-45(41,42)25-12-10-23(11-13-25)43-29-4-2-1-3-27(29)33)26(19-22)30(40)39-17-15-38(16-18-39)20-21-5-8-24(9-6-21)44-31(34,35)36/h1-14,19,37H,15-18,20H2. The van der Waals surface area contributed by atoms with E-state index >= 15 is 0 Å². The van der Waals surface area contributed by atoms with Crippen LogP contribution in [0.25, 0.3) is 0 Å². The second-order valence-electron chi connectivity index (χ2n) is 10.1. The van der Waals surface area contributed by atoms with Crippen molar-refractivity contribution in [2.24, 2.45) is 0 Å². The van der Waals surface area contributed by atoms with Crippen molar-refractivity contribution in [1.82, 2.24) is 9.80 Å². The van der Waals surface area contributed by atoms with Crippen molar-refractivity contribution >= 4 is 44.8 Å². The zero-order chi connectivity index (χ0) is 32.2. The van der Waals surface area contributed by atoms with E-state index in [2.05, 4.69) is 14.4 Å². The molecule has 1 aliphatic heterocycles. The highest BCUT2D eigenvalue weighted by molar-refractivity contribution is 7.92.